The van der Waals surface area contributed by atoms with E-state index < -0.39 is 18.8 Å². The van der Waals surface area contributed by atoms with Crippen molar-refractivity contribution >= 4 is 24.6 Å². The monoisotopic (exact) mass is 312 g/mol. The fourth-order valence-corrected chi connectivity index (χ4v) is 2.37. The average Bonchev–Trinajstić information content (AvgIpc) is 2.55. The van der Waals surface area contributed by atoms with Gasteiger partial charge in [0, 0.05) is 12.4 Å². The van der Waals surface area contributed by atoms with Gasteiger partial charge in [-0.25, -0.2) is 9.31 Å². The van der Waals surface area contributed by atoms with E-state index in [9.17, 15) is 14.2 Å². The molecule has 1 amide bonds. The highest BCUT2D eigenvalue weighted by molar-refractivity contribution is 6.67. The summed E-state index contributed by atoms with van der Waals surface area (Å²) in [7, 11) is -1.47. The fraction of sp³-hybridized carbons (Fsp3) is 0.125. The van der Waals surface area contributed by atoms with Crippen molar-refractivity contribution in [1.82, 2.24) is 4.92 Å². The first-order valence-corrected chi connectivity index (χ1v) is 7.09. The molecule has 3 rings (SSSR count). The molecule has 1 aliphatic heterocycles. The normalized spacial score (nSPS) is 13.0. The summed E-state index contributed by atoms with van der Waals surface area (Å²) in [6.07, 6.45) is 1.34. The molecular formula is C16H14BFN2O3. The number of benzene rings is 2. The molecule has 0 radical (unpaired) electrons. The van der Waals surface area contributed by atoms with Gasteiger partial charge < -0.3 is 9.76 Å². The summed E-state index contributed by atoms with van der Waals surface area (Å²) in [6.45, 7) is 1.45. The van der Waals surface area contributed by atoms with Crippen LogP contribution in [-0.4, -0.2) is 29.1 Å². The highest BCUT2D eigenvalue weighted by atomic mass is 19.1. The number of hydrogen-bond donors (Lipinski definition) is 1. The van der Waals surface area contributed by atoms with Crippen LogP contribution < -0.4 is 10.2 Å². The van der Waals surface area contributed by atoms with Crippen LogP contribution >= 0.6 is 0 Å². The van der Waals surface area contributed by atoms with Crippen LogP contribution in [0.1, 0.15) is 18.1 Å². The number of halogens is 1. The van der Waals surface area contributed by atoms with Gasteiger partial charge in [-0.3, -0.25) is 4.79 Å². The van der Waals surface area contributed by atoms with E-state index in [2.05, 4.69) is 5.10 Å². The lowest BCUT2D eigenvalue weighted by Crippen LogP contribution is -2.53. The van der Waals surface area contributed by atoms with Crippen LogP contribution in [0, 0.1) is 5.82 Å². The molecule has 0 fully saturated rings. The van der Waals surface area contributed by atoms with E-state index in [0.717, 1.165) is 10.5 Å². The third-order valence-electron chi connectivity index (χ3n) is 3.55. The van der Waals surface area contributed by atoms with Crippen molar-refractivity contribution in [1.29, 1.82) is 0 Å². The Morgan fingerprint density at radius 2 is 2.04 bits per heavy atom. The number of carbonyl (C=O) groups is 1. The van der Waals surface area contributed by atoms with Crippen molar-refractivity contribution in [3.8, 4) is 5.75 Å². The van der Waals surface area contributed by atoms with Gasteiger partial charge in [-0.05, 0) is 23.3 Å². The molecule has 116 valence electrons. The zero-order valence-electron chi connectivity index (χ0n) is 12.4. The van der Waals surface area contributed by atoms with Gasteiger partial charge in [0.1, 0.15) is 6.61 Å². The standard InChI is InChI=1S/C16H14BFN2O3/c1-11(21)20-17(22)15-13(9-19-20)7-8-14(16(15)18)23-10-12-5-3-2-4-6-12/h2-9,22H,10H2,1H3. The number of rotatable bonds is 3. The molecule has 2 aromatic rings. The van der Waals surface area contributed by atoms with Gasteiger partial charge in [0.2, 0.25) is 5.91 Å². The summed E-state index contributed by atoms with van der Waals surface area (Å²) < 4.78 is 20.2. The van der Waals surface area contributed by atoms with E-state index in [1.165, 1.54) is 19.2 Å². The number of nitrogens with zero attached hydrogens (tertiary/aromatic N) is 2. The van der Waals surface area contributed by atoms with Crippen LogP contribution in [0.5, 0.6) is 5.75 Å². The van der Waals surface area contributed by atoms with E-state index >= 15 is 0 Å². The Morgan fingerprint density at radius 3 is 2.74 bits per heavy atom. The Morgan fingerprint density at radius 1 is 1.30 bits per heavy atom. The van der Waals surface area contributed by atoms with Crippen LogP contribution in [0.4, 0.5) is 4.39 Å². The summed E-state index contributed by atoms with van der Waals surface area (Å²) in [4.78, 5) is 12.3. The minimum atomic E-state index is -1.47. The van der Waals surface area contributed by atoms with Crippen molar-refractivity contribution in [2.24, 2.45) is 5.10 Å². The molecular weight excluding hydrogens is 298 g/mol. The van der Waals surface area contributed by atoms with Gasteiger partial charge in [0.05, 0.1) is 6.21 Å². The quantitative estimate of drug-likeness (QED) is 0.869. The summed E-state index contributed by atoms with van der Waals surface area (Å²) in [5.74, 6) is -1.15. The summed E-state index contributed by atoms with van der Waals surface area (Å²) in [6, 6.07) is 12.4. The van der Waals surface area contributed by atoms with Crippen LogP contribution in [0.25, 0.3) is 0 Å². The first kappa shape index (κ1) is 15.2. The molecule has 7 heteroatoms. The average molecular weight is 312 g/mol. The van der Waals surface area contributed by atoms with Gasteiger partial charge in [-0.2, -0.15) is 5.10 Å². The molecule has 0 saturated carbocycles. The molecule has 23 heavy (non-hydrogen) atoms. The Bertz CT molecular complexity index is 767. The first-order valence-electron chi connectivity index (χ1n) is 7.09. The predicted octanol–water partition coefficient (Wildman–Crippen LogP) is 1.29. The Balaban J connectivity index is 1.88. The Kier molecular flexibility index (Phi) is 4.12. The van der Waals surface area contributed by atoms with Crippen molar-refractivity contribution in [3.63, 3.8) is 0 Å². The van der Waals surface area contributed by atoms with Crippen molar-refractivity contribution in [3.05, 3.63) is 59.4 Å². The summed E-state index contributed by atoms with van der Waals surface area (Å²) >= 11 is 0. The highest BCUT2D eigenvalue weighted by Crippen LogP contribution is 2.20. The Hall–Kier alpha value is -2.67. The number of fused-ring (bicyclic) bond motifs is 1. The molecule has 0 spiro atoms. The van der Waals surface area contributed by atoms with Gasteiger partial charge in [-0.1, -0.05) is 30.3 Å². The topological polar surface area (TPSA) is 62.1 Å². The van der Waals surface area contributed by atoms with E-state index in [4.69, 9.17) is 4.74 Å². The van der Waals surface area contributed by atoms with Crippen molar-refractivity contribution < 1.29 is 18.9 Å². The Labute approximate surface area is 133 Å². The molecule has 0 aliphatic carbocycles. The van der Waals surface area contributed by atoms with Crippen molar-refractivity contribution in [2.45, 2.75) is 13.5 Å². The second kappa shape index (κ2) is 6.22. The maximum absolute atomic E-state index is 14.7. The minimum Gasteiger partial charge on any atom is -0.486 e. The molecule has 0 saturated heterocycles. The van der Waals surface area contributed by atoms with Crippen LogP contribution in [0.3, 0.4) is 0 Å². The van der Waals surface area contributed by atoms with Gasteiger partial charge in [0.25, 0.3) is 0 Å². The molecule has 1 aliphatic rings. The SMILES string of the molecule is CC(=O)N1N=Cc2ccc(OCc3ccccc3)c(F)c2B1O. The van der Waals surface area contributed by atoms with Gasteiger partial charge in [0.15, 0.2) is 11.6 Å². The third kappa shape index (κ3) is 2.96. The summed E-state index contributed by atoms with van der Waals surface area (Å²) in [5.41, 5.74) is 1.30. The van der Waals surface area contributed by atoms with E-state index in [-0.39, 0.29) is 17.8 Å². The number of ether oxygens (including phenoxy) is 1. The molecule has 0 atom stereocenters. The number of hydrazone groups is 1. The fourth-order valence-electron chi connectivity index (χ4n) is 2.37. The van der Waals surface area contributed by atoms with E-state index in [0.29, 0.717) is 5.56 Å². The van der Waals surface area contributed by atoms with Crippen LogP contribution in [0.15, 0.2) is 47.6 Å². The molecule has 0 aromatic heterocycles. The number of amides is 1. The zero-order chi connectivity index (χ0) is 16.4. The lowest BCUT2D eigenvalue weighted by atomic mass is 9.69. The lowest BCUT2D eigenvalue weighted by Gasteiger charge is -2.24. The predicted molar refractivity (Wildman–Crippen MR) is 84.9 cm³/mol. The van der Waals surface area contributed by atoms with E-state index in [1.54, 1.807) is 6.07 Å². The molecule has 2 aromatic carbocycles. The molecule has 5 nitrogen and oxygen atoms in total. The smallest absolute Gasteiger partial charge is 0.477 e. The van der Waals surface area contributed by atoms with Crippen LogP contribution in [0.2, 0.25) is 0 Å². The number of hydrogen-bond acceptors (Lipinski definition) is 4. The van der Waals surface area contributed by atoms with Gasteiger partial charge >= 0.3 is 7.05 Å². The maximum atomic E-state index is 14.7. The second-order valence-corrected chi connectivity index (χ2v) is 5.14. The molecule has 1 N–H and O–H groups in total. The largest absolute Gasteiger partial charge is 0.486 e. The molecule has 0 unspecified atom stereocenters. The second-order valence-electron chi connectivity index (χ2n) is 5.14. The maximum Gasteiger partial charge on any atom is 0.477 e. The molecule has 0 bridgehead atoms. The van der Waals surface area contributed by atoms with Gasteiger partial charge in [-0.15, -0.1) is 0 Å². The first-order chi connectivity index (χ1) is 11.1. The van der Waals surface area contributed by atoms with E-state index in [1.807, 2.05) is 30.3 Å². The summed E-state index contributed by atoms with van der Waals surface area (Å²) in [5, 5.41) is 14.0. The minimum absolute atomic E-state index is 0.0132. The lowest BCUT2D eigenvalue weighted by molar-refractivity contribution is -0.125. The zero-order valence-corrected chi connectivity index (χ0v) is 12.4. The van der Waals surface area contributed by atoms with Crippen molar-refractivity contribution in [2.75, 3.05) is 0 Å². The van der Waals surface area contributed by atoms with Crippen LogP contribution in [-0.2, 0) is 11.4 Å². The molecule has 1 heterocycles. The number of carbonyl (C=O) groups excluding carboxylic acids is 1. The third-order valence-corrected chi connectivity index (χ3v) is 3.55. The highest BCUT2D eigenvalue weighted by Gasteiger charge is 2.35.